The molecule has 1 N–H and O–H groups in total. The predicted octanol–water partition coefficient (Wildman–Crippen LogP) is 4.43. The number of aryl methyl sites for hydroxylation is 1. The highest BCUT2D eigenvalue weighted by atomic mass is 16.5. The quantitative estimate of drug-likeness (QED) is 0.220. The number of para-hydroxylation sites is 1. The zero-order valence-corrected chi connectivity index (χ0v) is 19.8. The standard InChI is InChI=1S/C27H30N2O5/c1-4-14-34-19-10-7-9-18(16-19)25(30)23-24(29(13-8-15-33-3)27(32)26(23)31)21-17-28(2)22-12-6-5-11-20(21)22/h5-7,9-12,16-17,24,30H,4,8,13-15H2,1-3H3/b25-23+. The lowest BCUT2D eigenvalue weighted by molar-refractivity contribution is -0.140. The summed E-state index contributed by atoms with van der Waals surface area (Å²) in [6, 6.07) is 14.1. The Labute approximate surface area is 199 Å². The molecule has 1 aliphatic heterocycles. The van der Waals surface area contributed by atoms with Crippen LogP contribution in [0.4, 0.5) is 0 Å². The van der Waals surface area contributed by atoms with E-state index in [0.29, 0.717) is 37.5 Å². The van der Waals surface area contributed by atoms with Crippen molar-refractivity contribution in [3.63, 3.8) is 0 Å². The van der Waals surface area contributed by atoms with Crippen molar-refractivity contribution in [3.05, 3.63) is 71.4 Å². The number of carbonyl (C=O) groups excluding carboxylic acids is 2. The van der Waals surface area contributed by atoms with Crippen LogP contribution in [0.3, 0.4) is 0 Å². The summed E-state index contributed by atoms with van der Waals surface area (Å²) in [5.74, 6) is -0.906. The summed E-state index contributed by atoms with van der Waals surface area (Å²) >= 11 is 0. The first kappa shape index (κ1) is 23.6. The third kappa shape index (κ3) is 4.31. The van der Waals surface area contributed by atoms with Crippen LogP contribution in [0.2, 0.25) is 0 Å². The Kier molecular flexibility index (Phi) is 7.03. The Balaban J connectivity index is 1.87. The molecular weight excluding hydrogens is 432 g/mol. The number of Topliss-reactive ketones (excluding diaryl/α,β-unsaturated/α-hetero) is 1. The minimum absolute atomic E-state index is 0.0893. The molecule has 7 heteroatoms. The number of aliphatic hydroxyl groups excluding tert-OH is 1. The second-order valence-electron chi connectivity index (χ2n) is 8.43. The van der Waals surface area contributed by atoms with Crippen LogP contribution in [0.15, 0.2) is 60.3 Å². The number of amides is 1. The van der Waals surface area contributed by atoms with Crippen molar-refractivity contribution in [2.24, 2.45) is 7.05 Å². The molecule has 1 amide bonds. The average molecular weight is 463 g/mol. The van der Waals surface area contributed by atoms with Gasteiger partial charge in [0.1, 0.15) is 11.5 Å². The van der Waals surface area contributed by atoms with Gasteiger partial charge in [-0.1, -0.05) is 37.3 Å². The van der Waals surface area contributed by atoms with Gasteiger partial charge in [-0.2, -0.15) is 0 Å². The molecule has 7 nitrogen and oxygen atoms in total. The molecule has 178 valence electrons. The van der Waals surface area contributed by atoms with E-state index in [4.69, 9.17) is 9.47 Å². The van der Waals surface area contributed by atoms with E-state index in [2.05, 4.69) is 0 Å². The number of rotatable bonds is 9. The molecule has 1 unspecified atom stereocenters. The largest absolute Gasteiger partial charge is 0.507 e. The van der Waals surface area contributed by atoms with Crippen LogP contribution in [0.1, 0.15) is 36.9 Å². The monoisotopic (exact) mass is 462 g/mol. The number of hydrogen-bond acceptors (Lipinski definition) is 5. The molecule has 0 aliphatic carbocycles. The first-order chi connectivity index (χ1) is 16.5. The number of fused-ring (bicyclic) bond motifs is 1. The Bertz CT molecular complexity index is 1240. The molecular formula is C27H30N2O5. The van der Waals surface area contributed by atoms with Gasteiger partial charge in [0.25, 0.3) is 11.7 Å². The Morgan fingerprint density at radius 3 is 2.65 bits per heavy atom. The second-order valence-corrected chi connectivity index (χ2v) is 8.43. The van der Waals surface area contributed by atoms with Gasteiger partial charge in [0.2, 0.25) is 0 Å². The number of carbonyl (C=O) groups is 2. The Morgan fingerprint density at radius 1 is 1.09 bits per heavy atom. The molecule has 4 rings (SSSR count). The van der Waals surface area contributed by atoms with E-state index in [-0.39, 0.29) is 11.3 Å². The molecule has 1 saturated heterocycles. The smallest absolute Gasteiger partial charge is 0.295 e. The minimum Gasteiger partial charge on any atom is -0.507 e. The van der Waals surface area contributed by atoms with Crippen molar-refractivity contribution >= 4 is 28.4 Å². The third-order valence-corrected chi connectivity index (χ3v) is 6.09. The van der Waals surface area contributed by atoms with Crippen LogP contribution in [-0.2, 0) is 21.4 Å². The molecule has 3 aromatic rings. The lowest BCUT2D eigenvalue weighted by Crippen LogP contribution is -2.31. The van der Waals surface area contributed by atoms with Crippen LogP contribution in [0.5, 0.6) is 5.75 Å². The summed E-state index contributed by atoms with van der Waals surface area (Å²) in [5.41, 5.74) is 2.31. The van der Waals surface area contributed by atoms with Gasteiger partial charge in [-0.3, -0.25) is 9.59 Å². The van der Waals surface area contributed by atoms with E-state index in [0.717, 1.165) is 22.9 Å². The summed E-state index contributed by atoms with van der Waals surface area (Å²) in [6.45, 7) is 3.36. The average Bonchev–Trinajstić information content (AvgIpc) is 3.31. The van der Waals surface area contributed by atoms with Crippen molar-refractivity contribution in [3.8, 4) is 5.75 Å². The maximum Gasteiger partial charge on any atom is 0.295 e. The van der Waals surface area contributed by atoms with Gasteiger partial charge in [0, 0.05) is 55.5 Å². The van der Waals surface area contributed by atoms with Gasteiger partial charge in [0.05, 0.1) is 18.2 Å². The van der Waals surface area contributed by atoms with Crippen molar-refractivity contribution < 1.29 is 24.2 Å². The van der Waals surface area contributed by atoms with E-state index in [1.54, 1.807) is 36.3 Å². The van der Waals surface area contributed by atoms with E-state index in [9.17, 15) is 14.7 Å². The predicted molar refractivity (Wildman–Crippen MR) is 131 cm³/mol. The first-order valence-electron chi connectivity index (χ1n) is 11.5. The Morgan fingerprint density at radius 2 is 1.88 bits per heavy atom. The molecule has 1 atom stereocenters. The van der Waals surface area contributed by atoms with Gasteiger partial charge in [0.15, 0.2) is 0 Å². The van der Waals surface area contributed by atoms with Gasteiger partial charge in [-0.25, -0.2) is 0 Å². The summed E-state index contributed by atoms with van der Waals surface area (Å²) in [7, 11) is 3.53. The molecule has 0 saturated carbocycles. The van der Waals surface area contributed by atoms with Gasteiger partial charge in [-0.15, -0.1) is 0 Å². The first-order valence-corrected chi connectivity index (χ1v) is 11.5. The SMILES string of the molecule is CCCOc1cccc(/C(O)=C2\C(=O)C(=O)N(CCCOC)C2c2cn(C)c3ccccc23)c1. The number of aliphatic hydroxyl groups is 1. The summed E-state index contributed by atoms with van der Waals surface area (Å²) in [4.78, 5) is 28.0. The zero-order valence-electron chi connectivity index (χ0n) is 19.8. The maximum atomic E-state index is 13.3. The maximum absolute atomic E-state index is 13.3. The number of likely N-dealkylation sites (tertiary alicyclic amines) is 1. The van der Waals surface area contributed by atoms with Gasteiger partial charge < -0.3 is 24.0 Å². The number of methoxy groups -OCH3 is 1. The fourth-order valence-corrected chi connectivity index (χ4v) is 4.51. The van der Waals surface area contributed by atoms with Crippen LogP contribution in [0.25, 0.3) is 16.7 Å². The van der Waals surface area contributed by atoms with Crippen molar-refractivity contribution in [1.29, 1.82) is 0 Å². The van der Waals surface area contributed by atoms with Crippen LogP contribution < -0.4 is 4.74 Å². The fourth-order valence-electron chi connectivity index (χ4n) is 4.51. The number of ether oxygens (including phenoxy) is 2. The number of ketones is 1. The van der Waals surface area contributed by atoms with E-state index < -0.39 is 17.7 Å². The minimum atomic E-state index is -0.705. The van der Waals surface area contributed by atoms with Crippen LogP contribution in [-0.4, -0.2) is 53.1 Å². The highest BCUT2D eigenvalue weighted by Crippen LogP contribution is 2.42. The molecule has 0 bridgehead atoms. The van der Waals surface area contributed by atoms with Crippen molar-refractivity contribution in [1.82, 2.24) is 9.47 Å². The topological polar surface area (TPSA) is 81.0 Å². The number of benzene rings is 2. The van der Waals surface area contributed by atoms with E-state index in [1.165, 1.54) is 0 Å². The van der Waals surface area contributed by atoms with E-state index >= 15 is 0 Å². The highest BCUT2D eigenvalue weighted by Gasteiger charge is 2.46. The molecule has 2 heterocycles. The molecule has 1 aliphatic rings. The second kappa shape index (κ2) is 10.1. The summed E-state index contributed by atoms with van der Waals surface area (Å²) in [5, 5.41) is 12.3. The Hall–Kier alpha value is -3.58. The van der Waals surface area contributed by atoms with Crippen molar-refractivity contribution in [2.45, 2.75) is 25.8 Å². The molecule has 0 radical (unpaired) electrons. The summed E-state index contributed by atoms with van der Waals surface area (Å²) in [6.07, 6.45) is 3.35. The molecule has 1 fully saturated rings. The van der Waals surface area contributed by atoms with Gasteiger partial charge >= 0.3 is 0 Å². The lowest BCUT2D eigenvalue weighted by Gasteiger charge is -2.25. The number of aromatic nitrogens is 1. The third-order valence-electron chi connectivity index (χ3n) is 6.09. The highest BCUT2D eigenvalue weighted by molar-refractivity contribution is 6.46. The molecule has 34 heavy (non-hydrogen) atoms. The fraction of sp³-hybridized carbons (Fsp3) is 0.333. The van der Waals surface area contributed by atoms with Crippen molar-refractivity contribution in [2.75, 3.05) is 26.9 Å². The number of nitrogens with zero attached hydrogens (tertiary/aromatic N) is 2. The molecule has 2 aromatic carbocycles. The van der Waals surface area contributed by atoms with Crippen LogP contribution >= 0.6 is 0 Å². The van der Waals surface area contributed by atoms with E-state index in [1.807, 2.05) is 49.0 Å². The summed E-state index contributed by atoms with van der Waals surface area (Å²) < 4.78 is 12.8. The molecule has 0 spiro atoms. The molecule has 1 aromatic heterocycles. The van der Waals surface area contributed by atoms with Gasteiger partial charge in [-0.05, 0) is 31.0 Å². The normalized spacial score (nSPS) is 17.6. The van der Waals surface area contributed by atoms with Crippen LogP contribution in [0, 0.1) is 0 Å². The zero-order chi connectivity index (χ0) is 24.2. The lowest BCUT2D eigenvalue weighted by atomic mass is 9.95. The number of hydrogen-bond donors (Lipinski definition) is 1.